The molecule has 1 atom stereocenters. The molecule has 115 valence electrons. The number of anilines is 1. The van der Waals surface area contributed by atoms with Crippen molar-refractivity contribution in [2.45, 2.75) is 65.7 Å². The molecule has 1 N–H and O–H groups in total. The second-order valence-electron chi connectivity index (χ2n) is 6.06. The van der Waals surface area contributed by atoms with Crippen molar-refractivity contribution in [2.24, 2.45) is 0 Å². The van der Waals surface area contributed by atoms with Crippen molar-refractivity contribution in [3.05, 3.63) is 35.0 Å². The van der Waals surface area contributed by atoms with Crippen LogP contribution in [0.15, 0.2) is 35.0 Å². The van der Waals surface area contributed by atoms with E-state index in [-0.39, 0.29) is 0 Å². The van der Waals surface area contributed by atoms with Gasteiger partial charge < -0.3 is 5.32 Å². The second-order valence-corrected chi connectivity index (χ2v) is 12.0. The first-order valence-electron chi connectivity index (χ1n) is 8.16. The van der Waals surface area contributed by atoms with Crippen molar-refractivity contribution in [3.63, 3.8) is 0 Å². The van der Waals surface area contributed by atoms with Crippen LogP contribution in [0.25, 0.3) is 0 Å². The van der Waals surface area contributed by atoms with E-state index in [0.717, 1.165) is 0 Å². The highest BCUT2D eigenvalue weighted by Gasteiger charge is 2.31. The van der Waals surface area contributed by atoms with E-state index in [9.17, 15) is 0 Å². The zero-order chi connectivity index (χ0) is 16.0. The van der Waals surface area contributed by atoms with Gasteiger partial charge in [-0.05, 0) is 32.0 Å². The molecule has 0 amide bonds. The summed E-state index contributed by atoms with van der Waals surface area (Å²) in [7, 11) is 2.30. The Bertz CT molecular complexity index is 477. The van der Waals surface area contributed by atoms with Crippen LogP contribution in [0.1, 0.15) is 41.5 Å². The van der Waals surface area contributed by atoms with Gasteiger partial charge in [-0.2, -0.15) is 0 Å². The van der Waals surface area contributed by atoms with Gasteiger partial charge in [0.1, 0.15) is 0 Å². The molecule has 3 radical (unpaired) electrons. The van der Waals surface area contributed by atoms with Crippen molar-refractivity contribution >= 4 is 29.2 Å². The number of hydrogen-bond acceptors (Lipinski definition) is 1. The second kappa shape index (κ2) is 7.99. The molecule has 0 saturated carbocycles. The molecule has 1 aromatic carbocycles. The molecule has 1 rings (SSSR count). The Morgan fingerprint density at radius 3 is 2.10 bits per heavy atom. The van der Waals surface area contributed by atoms with Crippen molar-refractivity contribution in [1.29, 1.82) is 0 Å². The molecular formula is C18H30NSi2. The van der Waals surface area contributed by atoms with Gasteiger partial charge in [-0.1, -0.05) is 67.9 Å². The molecule has 1 nitrogen and oxygen atoms in total. The summed E-state index contributed by atoms with van der Waals surface area (Å²) in [4.78, 5) is 0. The Hall–Kier alpha value is -0.806. The lowest BCUT2D eigenvalue weighted by Crippen LogP contribution is -2.47. The first-order valence-corrected chi connectivity index (χ1v) is 11.3. The minimum Gasteiger partial charge on any atom is -0.379 e. The van der Waals surface area contributed by atoms with Gasteiger partial charge in [0.05, 0.1) is 18.3 Å². The zero-order valence-electron chi connectivity index (χ0n) is 14.5. The van der Waals surface area contributed by atoms with E-state index in [2.05, 4.69) is 81.4 Å². The Morgan fingerprint density at radius 2 is 1.62 bits per heavy atom. The van der Waals surface area contributed by atoms with Gasteiger partial charge in [-0.15, -0.1) is 0 Å². The van der Waals surface area contributed by atoms with Crippen LogP contribution in [-0.2, 0) is 0 Å². The lowest BCUT2D eigenvalue weighted by atomic mass is 10.1. The largest absolute Gasteiger partial charge is 0.379 e. The summed E-state index contributed by atoms with van der Waals surface area (Å²) in [5.41, 5.74) is 2.70. The quantitative estimate of drug-likeness (QED) is 0.721. The third kappa shape index (κ3) is 4.10. The van der Waals surface area contributed by atoms with Crippen LogP contribution in [0.5, 0.6) is 0 Å². The molecular weight excluding hydrogens is 286 g/mol. The summed E-state index contributed by atoms with van der Waals surface area (Å²) >= 11 is 0. The molecule has 0 aliphatic heterocycles. The van der Waals surface area contributed by atoms with Gasteiger partial charge in [0.15, 0.2) is 0 Å². The molecule has 0 spiro atoms. The highest BCUT2D eigenvalue weighted by Crippen LogP contribution is 2.24. The van der Waals surface area contributed by atoms with Gasteiger partial charge in [0.2, 0.25) is 0 Å². The van der Waals surface area contributed by atoms with Crippen LogP contribution >= 0.6 is 0 Å². The van der Waals surface area contributed by atoms with E-state index >= 15 is 0 Å². The summed E-state index contributed by atoms with van der Waals surface area (Å²) in [6, 6.07) is 13.3. The highest BCUT2D eigenvalue weighted by atomic mass is 28.3. The van der Waals surface area contributed by atoms with Gasteiger partial charge in [-0.25, -0.2) is 0 Å². The predicted molar refractivity (Wildman–Crippen MR) is 100 cm³/mol. The van der Waals surface area contributed by atoms with E-state index < -0.39 is 8.07 Å². The van der Waals surface area contributed by atoms with Crippen molar-refractivity contribution in [2.75, 3.05) is 5.32 Å². The first kappa shape index (κ1) is 18.2. The molecule has 0 fully saturated rings. The molecule has 1 unspecified atom stereocenters. The van der Waals surface area contributed by atoms with Crippen molar-refractivity contribution < 1.29 is 0 Å². The SMILES string of the molecule is CC[Si](CC)(CC)c1ccccc1NC(C)C(C)=C(C)[Si]. The zero-order valence-corrected chi connectivity index (χ0v) is 16.5. The fourth-order valence-corrected chi connectivity index (χ4v) is 7.09. The van der Waals surface area contributed by atoms with E-state index in [4.69, 9.17) is 0 Å². The normalized spacial score (nSPS) is 14.6. The highest BCUT2D eigenvalue weighted by molar-refractivity contribution is 6.92. The van der Waals surface area contributed by atoms with Crippen molar-refractivity contribution in [3.8, 4) is 0 Å². The summed E-state index contributed by atoms with van der Waals surface area (Å²) in [5.74, 6) is 0. The third-order valence-electron chi connectivity index (χ3n) is 5.14. The van der Waals surface area contributed by atoms with Crippen LogP contribution < -0.4 is 10.5 Å². The molecule has 0 heterocycles. The predicted octanol–water partition coefficient (Wildman–Crippen LogP) is 4.66. The maximum Gasteiger partial charge on any atom is 0.0886 e. The van der Waals surface area contributed by atoms with Crippen LogP contribution in [-0.4, -0.2) is 24.4 Å². The molecule has 0 aliphatic carbocycles. The Balaban J connectivity index is 3.19. The summed E-state index contributed by atoms with van der Waals surface area (Å²) in [5, 5.41) is 6.57. The number of para-hydroxylation sites is 1. The molecule has 3 heteroatoms. The summed E-state index contributed by atoms with van der Waals surface area (Å²) in [6.45, 7) is 13.6. The first-order chi connectivity index (χ1) is 9.91. The van der Waals surface area contributed by atoms with Gasteiger partial charge >= 0.3 is 0 Å². The van der Waals surface area contributed by atoms with Crippen LogP contribution in [0.3, 0.4) is 0 Å². The Labute approximate surface area is 135 Å². The van der Waals surface area contributed by atoms with Gasteiger partial charge in [-0.3, -0.25) is 0 Å². The van der Waals surface area contributed by atoms with Crippen LogP contribution in [0.4, 0.5) is 5.69 Å². The number of benzene rings is 1. The minimum absolute atomic E-state index is 0.348. The Morgan fingerprint density at radius 1 is 1.10 bits per heavy atom. The lowest BCUT2D eigenvalue weighted by molar-refractivity contribution is 0.917. The summed E-state index contributed by atoms with van der Waals surface area (Å²) in [6.07, 6.45) is 0. The van der Waals surface area contributed by atoms with Crippen LogP contribution in [0, 0.1) is 0 Å². The van der Waals surface area contributed by atoms with Crippen molar-refractivity contribution in [1.82, 2.24) is 0 Å². The number of allylic oxidation sites excluding steroid dienone is 1. The smallest absolute Gasteiger partial charge is 0.0886 e. The maximum absolute atomic E-state index is 3.75. The number of nitrogens with one attached hydrogen (secondary N) is 1. The topological polar surface area (TPSA) is 12.0 Å². The minimum atomic E-state index is -1.36. The fourth-order valence-electron chi connectivity index (χ4n) is 3.06. The van der Waals surface area contributed by atoms with Crippen LogP contribution in [0.2, 0.25) is 18.1 Å². The standard InChI is InChI=1S/C18H30NSi2/c1-7-21(8-2,9-3)18-13-11-10-12-17(18)19-15(5)14(4)16(6)20/h10-13,15,19H,7-9H2,1-6H3. The third-order valence-corrected chi connectivity index (χ3v) is 11.2. The molecule has 0 bridgehead atoms. The van der Waals surface area contributed by atoms with E-state index in [1.165, 1.54) is 34.6 Å². The van der Waals surface area contributed by atoms with Gasteiger partial charge in [0.25, 0.3) is 0 Å². The van der Waals surface area contributed by atoms with E-state index in [1.54, 1.807) is 5.19 Å². The Kier molecular flexibility index (Phi) is 6.94. The average Bonchev–Trinajstić information content (AvgIpc) is 2.50. The monoisotopic (exact) mass is 316 g/mol. The molecule has 21 heavy (non-hydrogen) atoms. The lowest BCUT2D eigenvalue weighted by Gasteiger charge is -2.32. The molecule has 0 saturated heterocycles. The van der Waals surface area contributed by atoms with E-state index in [1.807, 2.05) is 0 Å². The molecule has 0 aromatic heterocycles. The summed E-state index contributed by atoms with van der Waals surface area (Å²) < 4.78 is 0. The molecule has 0 aliphatic rings. The molecule has 1 aromatic rings. The van der Waals surface area contributed by atoms with E-state index in [0.29, 0.717) is 6.04 Å². The average molecular weight is 317 g/mol. The van der Waals surface area contributed by atoms with Gasteiger partial charge in [0, 0.05) is 11.7 Å². The number of rotatable bonds is 7. The number of hydrogen-bond donors (Lipinski definition) is 1. The fraction of sp³-hybridized carbons (Fsp3) is 0.556. The maximum atomic E-state index is 3.75.